The summed E-state index contributed by atoms with van der Waals surface area (Å²) in [5.41, 5.74) is 3.69. The van der Waals surface area contributed by atoms with Crippen molar-refractivity contribution in [3.05, 3.63) is 34.9 Å². The molecule has 21 heavy (non-hydrogen) atoms. The van der Waals surface area contributed by atoms with Crippen molar-refractivity contribution >= 4 is 11.8 Å². The van der Waals surface area contributed by atoms with Crippen molar-refractivity contribution in [1.82, 2.24) is 10.2 Å². The van der Waals surface area contributed by atoms with Gasteiger partial charge in [0, 0.05) is 13.1 Å². The van der Waals surface area contributed by atoms with Gasteiger partial charge in [-0.3, -0.25) is 14.5 Å². The summed E-state index contributed by atoms with van der Waals surface area (Å²) in [6, 6.07) is 6.30. The molecule has 2 fully saturated rings. The Balaban J connectivity index is 1.56. The number of carbonyl (C=O) groups is 2. The minimum absolute atomic E-state index is 0.0395. The molecule has 0 bridgehead atoms. The van der Waals surface area contributed by atoms with Crippen molar-refractivity contribution in [3.8, 4) is 0 Å². The highest BCUT2D eigenvalue weighted by Gasteiger charge is 2.47. The van der Waals surface area contributed by atoms with Crippen LogP contribution in [0.5, 0.6) is 0 Å². The average Bonchev–Trinajstić information content (AvgIpc) is 3.06. The van der Waals surface area contributed by atoms with E-state index in [-0.39, 0.29) is 23.7 Å². The molecule has 2 atom stereocenters. The zero-order valence-electron chi connectivity index (χ0n) is 12.1. The van der Waals surface area contributed by atoms with E-state index in [2.05, 4.69) is 17.4 Å². The lowest BCUT2D eigenvalue weighted by molar-refractivity contribution is -0.140. The maximum Gasteiger partial charge on any atom is 0.233 e. The molecule has 2 heterocycles. The molecule has 110 valence electrons. The Hall–Kier alpha value is -1.68. The van der Waals surface area contributed by atoms with Gasteiger partial charge in [-0.15, -0.1) is 0 Å². The van der Waals surface area contributed by atoms with Crippen LogP contribution in [0.15, 0.2) is 18.2 Å². The molecule has 3 aliphatic rings. The van der Waals surface area contributed by atoms with E-state index in [4.69, 9.17) is 0 Å². The minimum atomic E-state index is -0.0395. The van der Waals surface area contributed by atoms with Crippen LogP contribution in [0.25, 0.3) is 0 Å². The number of hydrogen-bond acceptors (Lipinski definition) is 3. The third-order valence-corrected chi connectivity index (χ3v) is 5.17. The first-order valence-electron chi connectivity index (χ1n) is 7.90. The molecule has 1 aliphatic carbocycles. The number of hydrogen-bond donors (Lipinski definition) is 1. The lowest BCUT2D eigenvalue weighted by Gasteiger charge is -2.19. The van der Waals surface area contributed by atoms with Crippen molar-refractivity contribution in [3.63, 3.8) is 0 Å². The lowest BCUT2D eigenvalue weighted by atomic mass is 9.81. The van der Waals surface area contributed by atoms with E-state index in [0.29, 0.717) is 6.54 Å². The van der Waals surface area contributed by atoms with Crippen LogP contribution in [0.3, 0.4) is 0 Å². The fourth-order valence-corrected chi connectivity index (χ4v) is 4.02. The second-order valence-electron chi connectivity index (χ2n) is 6.47. The van der Waals surface area contributed by atoms with Gasteiger partial charge in [-0.1, -0.05) is 31.0 Å². The predicted octanol–water partition coefficient (Wildman–Crippen LogP) is 1.96. The molecule has 1 N–H and O–H groups in total. The number of fused-ring (bicyclic) bond motifs is 2. The summed E-state index contributed by atoms with van der Waals surface area (Å²) in [6.45, 7) is 2.25. The van der Waals surface area contributed by atoms with E-state index in [1.54, 1.807) is 0 Å². The van der Waals surface area contributed by atoms with Crippen LogP contribution in [0.1, 0.15) is 42.4 Å². The Morgan fingerprint density at radius 3 is 2.38 bits per heavy atom. The Kier molecular flexibility index (Phi) is 3.07. The smallest absolute Gasteiger partial charge is 0.233 e. The van der Waals surface area contributed by atoms with Crippen LogP contribution in [-0.4, -0.2) is 16.7 Å². The molecule has 2 unspecified atom stereocenters. The van der Waals surface area contributed by atoms with Crippen molar-refractivity contribution in [1.29, 1.82) is 0 Å². The molecule has 1 aromatic carbocycles. The van der Waals surface area contributed by atoms with Crippen molar-refractivity contribution in [2.24, 2.45) is 11.8 Å². The standard InChI is InChI=1S/C17H20N2O2/c20-16-14-3-1-2-4-15(14)17(21)19(16)10-11-5-6-12-8-18-9-13(12)7-11/h5-7,14-15,18H,1-4,8-10H2. The van der Waals surface area contributed by atoms with E-state index in [9.17, 15) is 9.59 Å². The maximum absolute atomic E-state index is 12.5. The number of carbonyl (C=O) groups excluding carboxylic acids is 2. The Bertz CT molecular complexity index is 587. The molecule has 0 spiro atoms. The van der Waals surface area contributed by atoms with Gasteiger partial charge >= 0.3 is 0 Å². The molecule has 4 nitrogen and oxygen atoms in total. The summed E-state index contributed by atoms with van der Waals surface area (Å²) in [6.07, 6.45) is 3.94. The monoisotopic (exact) mass is 284 g/mol. The van der Waals surface area contributed by atoms with Gasteiger partial charge in [0.15, 0.2) is 0 Å². The first kappa shape index (κ1) is 13.0. The second kappa shape index (κ2) is 4.95. The van der Waals surface area contributed by atoms with Crippen LogP contribution in [0.2, 0.25) is 0 Å². The zero-order chi connectivity index (χ0) is 14.4. The Labute approximate surface area is 124 Å². The normalized spacial score (nSPS) is 27.9. The molecule has 2 aliphatic heterocycles. The van der Waals surface area contributed by atoms with E-state index < -0.39 is 0 Å². The summed E-state index contributed by atoms with van der Waals surface area (Å²) in [7, 11) is 0. The van der Waals surface area contributed by atoms with Gasteiger partial charge in [0.25, 0.3) is 0 Å². The van der Waals surface area contributed by atoms with Gasteiger partial charge < -0.3 is 5.32 Å². The summed E-state index contributed by atoms with van der Waals surface area (Å²) < 4.78 is 0. The third-order valence-electron chi connectivity index (χ3n) is 5.17. The topological polar surface area (TPSA) is 49.4 Å². The molecule has 1 aromatic rings. The van der Waals surface area contributed by atoms with Gasteiger partial charge in [-0.05, 0) is 29.5 Å². The lowest BCUT2D eigenvalue weighted by Crippen LogP contribution is -2.30. The van der Waals surface area contributed by atoms with Gasteiger partial charge in [0.2, 0.25) is 11.8 Å². The molecule has 1 saturated heterocycles. The van der Waals surface area contributed by atoms with E-state index >= 15 is 0 Å². The summed E-state index contributed by atoms with van der Waals surface area (Å²) in [5.74, 6) is 0.0383. The third kappa shape index (κ3) is 2.09. The number of benzene rings is 1. The molecule has 4 rings (SSSR count). The number of amides is 2. The summed E-state index contributed by atoms with van der Waals surface area (Å²) >= 11 is 0. The highest BCUT2D eigenvalue weighted by molar-refractivity contribution is 6.05. The van der Waals surface area contributed by atoms with Gasteiger partial charge in [-0.25, -0.2) is 0 Å². The van der Waals surface area contributed by atoms with Gasteiger partial charge in [0.05, 0.1) is 18.4 Å². The summed E-state index contributed by atoms with van der Waals surface area (Å²) in [4.78, 5) is 26.5. The molecule has 4 heteroatoms. The van der Waals surface area contributed by atoms with Crippen LogP contribution in [0.4, 0.5) is 0 Å². The SMILES string of the molecule is O=C1C2CCCCC2C(=O)N1Cc1ccc2c(c1)CNC2. The van der Waals surface area contributed by atoms with E-state index in [1.807, 2.05) is 6.07 Å². The summed E-state index contributed by atoms with van der Waals surface area (Å²) in [5, 5.41) is 3.32. The van der Waals surface area contributed by atoms with Crippen LogP contribution >= 0.6 is 0 Å². The van der Waals surface area contributed by atoms with Gasteiger partial charge in [-0.2, -0.15) is 0 Å². The Morgan fingerprint density at radius 1 is 1.00 bits per heavy atom. The van der Waals surface area contributed by atoms with Crippen LogP contribution < -0.4 is 5.32 Å². The second-order valence-corrected chi connectivity index (χ2v) is 6.47. The largest absolute Gasteiger partial charge is 0.309 e. The molecule has 0 radical (unpaired) electrons. The number of imide groups is 1. The zero-order valence-corrected chi connectivity index (χ0v) is 12.1. The van der Waals surface area contributed by atoms with Crippen LogP contribution in [0, 0.1) is 11.8 Å². The number of nitrogens with one attached hydrogen (secondary N) is 1. The molecule has 1 saturated carbocycles. The van der Waals surface area contributed by atoms with Crippen molar-refractivity contribution in [2.75, 3.05) is 0 Å². The quantitative estimate of drug-likeness (QED) is 0.845. The Morgan fingerprint density at radius 2 is 1.67 bits per heavy atom. The van der Waals surface area contributed by atoms with E-state index in [1.165, 1.54) is 16.0 Å². The molecule has 0 aromatic heterocycles. The number of nitrogens with zero attached hydrogens (tertiary/aromatic N) is 1. The minimum Gasteiger partial charge on any atom is -0.309 e. The number of rotatable bonds is 2. The van der Waals surface area contributed by atoms with E-state index in [0.717, 1.165) is 44.3 Å². The van der Waals surface area contributed by atoms with Crippen LogP contribution in [-0.2, 0) is 29.2 Å². The molecular weight excluding hydrogens is 264 g/mol. The number of likely N-dealkylation sites (tertiary alicyclic amines) is 1. The fourth-order valence-electron chi connectivity index (χ4n) is 4.02. The average molecular weight is 284 g/mol. The molecule has 2 amide bonds. The first-order valence-corrected chi connectivity index (χ1v) is 7.90. The highest BCUT2D eigenvalue weighted by Crippen LogP contribution is 2.38. The molecular formula is C17H20N2O2. The van der Waals surface area contributed by atoms with Crippen molar-refractivity contribution < 1.29 is 9.59 Å². The maximum atomic E-state index is 12.5. The van der Waals surface area contributed by atoms with Crippen molar-refractivity contribution in [2.45, 2.75) is 45.3 Å². The van der Waals surface area contributed by atoms with Gasteiger partial charge in [0.1, 0.15) is 0 Å². The fraction of sp³-hybridized carbons (Fsp3) is 0.529. The predicted molar refractivity (Wildman–Crippen MR) is 78.0 cm³/mol. The first-order chi connectivity index (χ1) is 10.2. The highest BCUT2D eigenvalue weighted by atomic mass is 16.2.